The van der Waals surface area contributed by atoms with E-state index in [2.05, 4.69) is 10.00 Å². The van der Waals surface area contributed by atoms with Crippen LogP contribution >= 0.6 is 0 Å². The monoisotopic (exact) mass is 326 g/mol. The van der Waals surface area contributed by atoms with E-state index < -0.39 is 11.8 Å². The van der Waals surface area contributed by atoms with E-state index in [4.69, 9.17) is 4.74 Å². The molecular weight excluding hydrogens is 299 g/mol. The van der Waals surface area contributed by atoms with E-state index in [1.165, 1.54) is 4.90 Å². The van der Waals surface area contributed by atoms with Crippen molar-refractivity contribution in [2.75, 3.05) is 20.1 Å². The van der Waals surface area contributed by atoms with Crippen LogP contribution in [0, 0.1) is 0 Å². The highest BCUT2D eigenvalue weighted by Crippen LogP contribution is 2.23. The number of likely N-dealkylation sites (N-methyl/N-ethyl adjacent to an activating group) is 1. The van der Waals surface area contributed by atoms with Crippen LogP contribution in [0.25, 0.3) is 0 Å². The van der Waals surface area contributed by atoms with Gasteiger partial charge in [-0.2, -0.15) is 5.10 Å². The predicted octanol–water partition coefficient (Wildman–Crippen LogP) is 2.20. The molecule has 2 atom stereocenters. The molecule has 1 aliphatic heterocycles. The van der Waals surface area contributed by atoms with Crippen LogP contribution in [0.2, 0.25) is 0 Å². The van der Waals surface area contributed by atoms with Crippen molar-refractivity contribution in [3.63, 3.8) is 0 Å². The van der Waals surface area contributed by atoms with Gasteiger partial charge in [0.15, 0.2) is 0 Å². The molecule has 1 amide bonds. The van der Waals surface area contributed by atoms with Gasteiger partial charge >= 0.3 is 6.09 Å². The van der Waals surface area contributed by atoms with Gasteiger partial charge in [-0.25, -0.2) is 9.18 Å². The lowest BCUT2D eigenvalue weighted by Gasteiger charge is -2.30. The zero-order valence-corrected chi connectivity index (χ0v) is 14.6. The van der Waals surface area contributed by atoms with Crippen molar-refractivity contribution in [3.8, 4) is 0 Å². The number of likely N-dealkylation sites (tertiary alicyclic amines) is 1. The first kappa shape index (κ1) is 17.7. The minimum absolute atomic E-state index is 0.0163. The third-order valence-corrected chi connectivity index (χ3v) is 3.95. The summed E-state index contributed by atoms with van der Waals surface area (Å²) in [5.41, 5.74) is 0.502. The largest absolute Gasteiger partial charge is 0.444 e. The summed E-state index contributed by atoms with van der Waals surface area (Å²) in [6.45, 7) is 6.97. The number of carbonyl (C=O) groups excluding carboxylic acids is 1. The van der Waals surface area contributed by atoms with Crippen LogP contribution in [-0.4, -0.2) is 63.6 Å². The van der Waals surface area contributed by atoms with Crippen LogP contribution in [0.5, 0.6) is 0 Å². The molecule has 0 unspecified atom stereocenters. The highest BCUT2D eigenvalue weighted by atomic mass is 19.1. The van der Waals surface area contributed by atoms with Crippen molar-refractivity contribution in [1.29, 1.82) is 0 Å². The molecule has 1 saturated heterocycles. The number of amides is 1. The summed E-state index contributed by atoms with van der Waals surface area (Å²) in [6.07, 6.45) is 0.936. The molecule has 1 fully saturated rings. The molecule has 130 valence electrons. The number of aryl methyl sites for hydroxylation is 1. The Bertz CT molecular complexity index is 540. The molecule has 0 aliphatic carbocycles. The highest BCUT2D eigenvalue weighted by Gasteiger charge is 2.34. The van der Waals surface area contributed by atoms with E-state index in [1.54, 1.807) is 17.9 Å². The van der Waals surface area contributed by atoms with E-state index in [0.29, 0.717) is 26.1 Å². The van der Waals surface area contributed by atoms with Gasteiger partial charge in [0, 0.05) is 46.0 Å². The number of aromatic nitrogens is 2. The number of rotatable bonds is 4. The topological polar surface area (TPSA) is 50.6 Å². The van der Waals surface area contributed by atoms with Gasteiger partial charge in [-0.1, -0.05) is 0 Å². The third kappa shape index (κ3) is 4.92. The van der Waals surface area contributed by atoms with E-state index in [1.807, 2.05) is 33.9 Å². The fraction of sp³-hybridized carbons (Fsp3) is 0.750. The molecule has 2 heterocycles. The average molecular weight is 326 g/mol. The molecule has 23 heavy (non-hydrogen) atoms. The zero-order valence-electron chi connectivity index (χ0n) is 14.6. The van der Waals surface area contributed by atoms with Crippen molar-refractivity contribution in [2.45, 2.75) is 51.6 Å². The lowest BCUT2D eigenvalue weighted by atomic mass is 10.2. The van der Waals surface area contributed by atoms with Crippen molar-refractivity contribution in [3.05, 3.63) is 18.0 Å². The van der Waals surface area contributed by atoms with Gasteiger partial charge in [0.25, 0.3) is 0 Å². The van der Waals surface area contributed by atoms with E-state index in [-0.39, 0.29) is 12.1 Å². The fourth-order valence-electron chi connectivity index (χ4n) is 2.80. The molecule has 7 heteroatoms. The molecule has 0 radical (unpaired) electrons. The summed E-state index contributed by atoms with van der Waals surface area (Å²) in [7, 11) is 3.57. The second-order valence-electron chi connectivity index (χ2n) is 7.22. The highest BCUT2D eigenvalue weighted by molar-refractivity contribution is 5.67. The second-order valence-corrected chi connectivity index (χ2v) is 7.22. The van der Waals surface area contributed by atoms with Crippen LogP contribution in [0.4, 0.5) is 9.18 Å². The van der Waals surface area contributed by atoms with Crippen LogP contribution < -0.4 is 0 Å². The van der Waals surface area contributed by atoms with Gasteiger partial charge < -0.3 is 9.64 Å². The number of ether oxygens (including phenoxy) is 1. The average Bonchev–Trinajstić information content (AvgIpc) is 2.95. The van der Waals surface area contributed by atoms with Gasteiger partial charge in [0.05, 0.1) is 5.69 Å². The Hall–Kier alpha value is -1.63. The Morgan fingerprint density at radius 2 is 2.22 bits per heavy atom. The number of halogens is 1. The summed E-state index contributed by atoms with van der Waals surface area (Å²) >= 11 is 0. The molecule has 6 nitrogen and oxygen atoms in total. The Kier molecular flexibility index (Phi) is 5.29. The normalized spacial score (nSPS) is 22.3. The zero-order chi connectivity index (χ0) is 17.2. The van der Waals surface area contributed by atoms with Gasteiger partial charge in [-0.3, -0.25) is 9.58 Å². The Morgan fingerprint density at radius 1 is 1.52 bits per heavy atom. The van der Waals surface area contributed by atoms with Crippen molar-refractivity contribution in [1.82, 2.24) is 19.6 Å². The predicted molar refractivity (Wildman–Crippen MR) is 85.8 cm³/mol. The van der Waals surface area contributed by atoms with Gasteiger partial charge in [0.1, 0.15) is 11.8 Å². The first-order chi connectivity index (χ1) is 10.7. The van der Waals surface area contributed by atoms with Crippen molar-refractivity contribution < 1.29 is 13.9 Å². The summed E-state index contributed by atoms with van der Waals surface area (Å²) in [5.74, 6) is 0. The summed E-state index contributed by atoms with van der Waals surface area (Å²) < 4.78 is 21.0. The maximum atomic E-state index is 13.9. The molecular formula is C16H27FN4O2. The van der Waals surface area contributed by atoms with Crippen molar-refractivity contribution in [2.24, 2.45) is 7.05 Å². The SMILES string of the molecule is CN(C[C@@H]1C[C@H](F)CN1Cc1ccnn1C)C(=O)OC(C)(C)C. The Balaban J connectivity index is 1.96. The number of nitrogens with zero attached hydrogens (tertiary/aromatic N) is 4. The summed E-state index contributed by atoms with van der Waals surface area (Å²) in [6, 6.07) is 1.91. The molecule has 0 spiro atoms. The van der Waals surface area contributed by atoms with Gasteiger partial charge in [-0.15, -0.1) is 0 Å². The molecule has 0 N–H and O–H groups in total. The molecule has 1 aromatic heterocycles. The second kappa shape index (κ2) is 6.86. The Morgan fingerprint density at radius 3 is 2.78 bits per heavy atom. The van der Waals surface area contributed by atoms with Crippen molar-refractivity contribution >= 4 is 6.09 Å². The number of hydrogen-bond donors (Lipinski definition) is 0. The summed E-state index contributed by atoms with van der Waals surface area (Å²) in [4.78, 5) is 15.7. The number of carbonyl (C=O) groups is 1. The standard InChI is InChI=1S/C16H27FN4O2/c1-16(2,3)23-15(22)19(4)10-14-8-12(17)9-21(14)11-13-6-7-18-20(13)5/h6-7,12,14H,8-11H2,1-5H3/t12-,14-/m0/s1. The minimum atomic E-state index is -0.861. The molecule has 2 rings (SSSR count). The smallest absolute Gasteiger partial charge is 0.410 e. The molecule has 1 aromatic rings. The fourth-order valence-corrected chi connectivity index (χ4v) is 2.80. The Labute approximate surface area is 137 Å². The first-order valence-corrected chi connectivity index (χ1v) is 7.95. The van der Waals surface area contributed by atoms with E-state index in [0.717, 1.165) is 5.69 Å². The number of hydrogen-bond acceptors (Lipinski definition) is 4. The van der Waals surface area contributed by atoms with E-state index >= 15 is 0 Å². The number of alkyl halides is 1. The van der Waals surface area contributed by atoms with Crippen LogP contribution in [0.1, 0.15) is 32.9 Å². The van der Waals surface area contributed by atoms with E-state index in [9.17, 15) is 9.18 Å². The lowest BCUT2D eigenvalue weighted by Crippen LogP contribution is -2.43. The maximum absolute atomic E-state index is 13.9. The van der Waals surface area contributed by atoms with Gasteiger partial charge in [-0.05, 0) is 33.3 Å². The molecule has 0 aromatic carbocycles. The first-order valence-electron chi connectivity index (χ1n) is 7.95. The maximum Gasteiger partial charge on any atom is 0.410 e. The molecule has 0 saturated carbocycles. The molecule has 1 aliphatic rings. The van der Waals surface area contributed by atoms with Gasteiger partial charge in [0.2, 0.25) is 0 Å². The van der Waals surface area contributed by atoms with Crippen LogP contribution in [-0.2, 0) is 18.3 Å². The molecule has 0 bridgehead atoms. The quantitative estimate of drug-likeness (QED) is 0.851. The summed E-state index contributed by atoms with van der Waals surface area (Å²) in [5, 5.41) is 4.14. The third-order valence-electron chi connectivity index (χ3n) is 3.95. The van der Waals surface area contributed by atoms with Crippen LogP contribution in [0.15, 0.2) is 12.3 Å². The lowest BCUT2D eigenvalue weighted by molar-refractivity contribution is 0.0256. The minimum Gasteiger partial charge on any atom is -0.444 e. The van der Waals surface area contributed by atoms with Crippen LogP contribution in [0.3, 0.4) is 0 Å².